The van der Waals surface area contributed by atoms with Crippen LogP contribution in [0.25, 0.3) is 0 Å². The monoisotopic (exact) mass is 570 g/mol. The summed E-state index contributed by atoms with van der Waals surface area (Å²) >= 11 is 0. The Kier molecular flexibility index (Phi) is 16.9. The summed E-state index contributed by atoms with van der Waals surface area (Å²) in [6.07, 6.45) is 16.1. The molecule has 232 valence electrons. The first-order chi connectivity index (χ1) is 19.4. The minimum atomic E-state index is -2.36. The fourth-order valence-electron chi connectivity index (χ4n) is 5.51. The predicted octanol–water partition coefficient (Wildman–Crippen LogP) is 3.33. The van der Waals surface area contributed by atoms with Crippen molar-refractivity contribution in [2.75, 3.05) is 19.8 Å². The van der Waals surface area contributed by atoms with Crippen molar-refractivity contribution in [3.8, 4) is 0 Å². The topological polar surface area (TPSA) is 154 Å². The number of nitrogens with zero attached hydrogens (tertiary/aromatic N) is 1. The van der Waals surface area contributed by atoms with Crippen molar-refractivity contribution in [2.24, 2.45) is 0 Å². The molecule has 0 bridgehead atoms. The molecule has 0 spiro atoms. The third-order valence-corrected chi connectivity index (χ3v) is 8.01. The van der Waals surface area contributed by atoms with Gasteiger partial charge in [-0.3, -0.25) is 14.3 Å². The number of aromatic amines is 1. The van der Waals surface area contributed by atoms with Crippen molar-refractivity contribution in [3.63, 3.8) is 0 Å². The first-order valence-corrected chi connectivity index (χ1v) is 15.6. The Morgan fingerprint density at radius 3 is 1.90 bits per heavy atom. The number of hydrogen-bond acceptors (Lipinski definition) is 8. The van der Waals surface area contributed by atoms with Gasteiger partial charge in [-0.25, -0.2) is 4.79 Å². The Bertz CT molecular complexity index is 906. The number of aliphatic hydroxyl groups is 4. The number of nitrogens with one attached hydrogen (secondary N) is 1. The van der Waals surface area contributed by atoms with Gasteiger partial charge in [-0.15, -0.1) is 0 Å². The molecular weight excluding hydrogens is 516 g/mol. The Hall–Kier alpha value is -1.56. The van der Waals surface area contributed by atoms with Gasteiger partial charge in [-0.05, 0) is 6.42 Å². The Labute approximate surface area is 238 Å². The number of ether oxygens (including phenoxy) is 2. The molecule has 2 rings (SSSR count). The van der Waals surface area contributed by atoms with Crippen LogP contribution in [0.4, 0.5) is 0 Å². The summed E-state index contributed by atoms with van der Waals surface area (Å²) in [7, 11) is 0. The van der Waals surface area contributed by atoms with Crippen molar-refractivity contribution < 1.29 is 29.9 Å². The van der Waals surface area contributed by atoms with Crippen LogP contribution in [-0.2, 0) is 15.2 Å². The molecule has 5 atom stereocenters. The average molecular weight is 571 g/mol. The third kappa shape index (κ3) is 11.0. The second-order valence-corrected chi connectivity index (χ2v) is 11.2. The molecule has 1 aromatic rings. The van der Waals surface area contributed by atoms with Gasteiger partial charge >= 0.3 is 5.69 Å². The SMILES string of the molecule is CCCCCCCCCCCCCCCCCCOCCC1O[C@H](CO)[C@H](O)[C@H](O)[C@]1(O)n1ccc(=O)[nH]c1=O. The van der Waals surface area contributed by atoms with Crippen LogP contribution in [0.15, 0.2) is 21.9 Å². The van der Waals surface area contributed by atoms with Crippen LogP contribution in [0.5, 0.6) is 0 Å². The minimum absolute atomic E-state index is 0.0984. The second kappa shape index (κ2) is 19.5. The van der Waals surface area contributed by atoms with E-state index >= 15 is 0 Å². The summed E-state index contributed by atoms with van der Waals surface area (Å²) < 4.78 is 12.1. The van der Waals surface area contributed by atoms with Gasteiger partial charge in [0.2, 0.25) is 5.72 Å². The van der Waals surface area contributed by atoms with E-state index in [0.29, 0.717) is 6.61 Å². The molecule has 0 saturated carbocycles. The average Bonchev–Trinajstić information content (AvgIpc) is 2.94. The van der Waals surface area contributed by atoms with E-state index in [-0.39, 0.29) is 13.0 Å². The van der Waals surface area contributed by atoms with Gasteiger partial charge in [0.25, 0.3) is 5.56 Å². The van der Waals surface area contributed by atoms with E-state index in [0.717, 1.165) is 29.7 Å². The Morgan fingerprint density at radius 1 is 0.875 bits per heavy atom. The molecule has 1 aliphatic heterocycles. The molecule has 5 N–H and O–H groups in total. The van der Waals surface area contributed by atoms with Crippen molar-refractivity contribution in [1.82, 2.24) is 9.55 Å². The highest BCUT2D eigenvalue weighted by atomic mass is 16.6. The number of aliphatic hydroxyl groups excluding tert-OH is 3. The molecule has 1 fully saturated rings. The maximum Gasteiger partial charge on any atom is 0.330 e. The first kappa shape index (κ1) is 34.6. The lowest BCUT2D eigenvalue weighted by atomic mass is 9.87. The van der Waals surface area contributed by atoms with Crippen molar-refractivity contribution in [1.29, 1.82) is 0 Å². The molecule has 1 aliphatic rings. The van der Waals surface area contributed by atoms with E-state index < -0.39 is 48.0 Å². The molecule has 1 unspecified atom stereocenters. The van der Waals surface area contributed by atoms with Crippen molar-refractivity contribution in [2.45, 2.75) is 146 Å². The quantitative estimate of drug-likeness (QED) is 0.133. The fraction of sp³-hybridized carbons (Fsp3) is 0.867. The van der Waals surface area contributed by atoms with Gasteiger partial charge in [0.15, 0.2) is 0 Å². The molecule has 0 radical (unpaired) electrons. The van der Waals surface area contributed by atoms with Gasteiger partial charge < -0.3 is 29.9 Å². The predicted molar refractivity (Wildman–Crippen MR) is 154 cm³/mol. The van der Waals surface area contributed by atoms with Crippen LogP contribution < -0.4 is 11.2 Å². The molecule has 10 heteroatoms. The summed E-state index contributed by atoms with van der Waals surface area (Å²) in [4.78, 5) is 25.9. The summed E-state index contributed by atoms with van der Waals surface area (Å²) in [6, 6.07) is 1.03. The normalized spacial score (nSPS) is 24.9. The largest absolute Gasteiger partial charge is 0.394 e. The summed E-state index contributed by atoms with van der Waals surface area (Å²) in [5.74, 6) is 0. The van der Waals surface area contributed by atoms with Gasteiger partial charge in [0.1, 0.15) is 24.4 Å². The van der Waals surface area contributed by atoms with Crippen LogP contribution in [0.2, 0.25) is 0 Å². The standard InChI is InChI=1S/C30H54N2O8/c1-2-3-4-5-6-7-8-9-10-11-12-13-14-15-16-17-21-39-22-19-25-30(38,28(36)27(35)24(23-33)40-25)32-20-18-26(34)31-29(32)37/h18,20,24-25,27-28,33,35-36,38H,2-17,19,21-23H2,1H3,(H,31,34,37)/t24-,25?,27+,28+,30+/m1/s1. The molecule has 0 aromatic carbocycles. The van der Waals surface area contributed by atoms with Crippen LogP contribution in [0, 0.1) is 0 Å². The van der Waals surface area contributed by atoms with Crippen LogP contribution in [0.1, 0.15) is 116 Å². The van der Waals surface area contributed by atoms with Crippen molar-refractivity contribution >= 4 is 0 Å². The van der Waals surface area contributed by atoms with E-state index in [9.17, 15) is 30.0 Å². The lowest BCUT2D eigenvalue weighted by Crippen LogP contribution is -2.69. The van der Waals surface area contributed by atoms with Gasteiger partial charge in [-0.2, -0.15) is 0 Å². The first-order valence-electron chi connectivity index (χ1n) is 15.6. The zero-order valence-electron chi connectivity index (χ0n) is 24.5. The smallest absolute Gasteiger partial charge is 0.330 e. The second-order valence-electron chi connectivity index (χ2n) is 11.2. The zero-order chi connectivity index (χ0) is 29.2. The molecule has 0 amide bonds. The summed E-state index contributed by atoms with van der Waals surface area (Å²) in [5, 5.41) is 41.9. The van der Waals surface area contributed by atoms with Gasteiger partial charge in [0, 0.05) is 31.9 Å². The van der Waals surface area contributed by atoms with E-state index in [1.807, 2.05) is 4.98 Å². The van der Waals surface area contributed by atoms with Gasteiger partial charge in [0.05, 0.1) is 6.61 Å². The zero-order valence-corrected chi connectivity index (χ0v) is 24.5. The van der Waals surface area contributed by atoms with Crippen molar-refractivity contribution in [3.05, 3.63) is 33.1 Å². The van der Waals surface area contributed by atoms with E-state index in [2.05, 4.69) is 6.92 Å². The minimum Gasteiger partial charge on any atom is -0.394 e. The Morgan fingerprint density at radius 2 is 1.40 bits per heavy atom. The van der Waals surface area contributed by atoms with Gasteiger partial charge in [-0.1, -0.05) is 103 Å². The van der Waals surface area contributed by atoms with E-state index in [4.69, 9.17) is 9.47 Å². The highest BCUT2D eigenvalue weighted by Crippen LogP contribution is 2.35. The number of rotatable bonds is 22. The maximum absolute atomic E-state index is 12.4. The molecule has 40 heavy (non-hydrogen) atoms. The molecule has 1 saturated heterocycles. The van der Waals surface area contributed by atoms with Crippen LogP contribution in [-0.4, -0.2) is 74.2 Å². The summed E-state index contributed by atoms with van der Waals surface area (Å²) in [5.41, 5.74) is -3.97. The lowest BCUT2D eigenvalue weighted by molar-refractivity contribution is -0.311. The number of hydrogen-bond donors (Lipinski definition) is 5. The summed E-state index contributed by atoms with van der Waals surface area (Å²) in [6.45, 7) is 2.40. The highest BCUT2D eigenvalue weighted by Gasteiger charge is 2.56. The van der Waals surface area contributed by atoms with Crippen LogP contribution in [0.3, 0.4) is 0 Å². The molecule has 2 heterocycles. The van der Waals surface area contributed by atoms with Crippen LogP contribution >= 0.6 is 0 Å². The fourth-order valence-corrected chi connectivity index (χ4v) is 5.51. The Balaban J connectivity index is 1.59. The molecule has 10 nitrogen and oxygen atoms in total. The highest BCUT2D eigenvalue weighted by molar-refractivity contribution is 5.03. The number of unbranched alkanes of at least 4 members (excludes halogenated alkanes) is 15. The number of H-pyrrole nitrogens is 1. The molecule has 0 aliphatic carbocycles. The third-order valence-electron chi connectivity index (χ3n) is 8.01. The molecule has 1 aromatic heterocycles. The molecular formula is C30H54N2O8. The van der Waals surface area contributed by atoms with E-state index in [1.165, 1.54) is 89.9 Å². The van der Waals surface area contributed by atoms with E-state index in [1.54, 1.807) is 0 Å². The lowest BCUT2D eigenvalue weighted by Gasteiger charge is -2.48. The number of aromatic nitrogens is 2. The maximum atomic E-state index is 12.4.